The highest BCUT2D eigenvalue weighted by Crippen LogP contribution is 2.44. The molecular weight excluding hydrogens is 360 g/mol. The number of alkyl carbamates (subject to hydrolysis) is 1. The number of fused-ring (bicyclic) bond motifs is 3. The minimum atomic E-state index is -0.411. The lowest BCUT2D eigenvalue weighted by Crippen LogP contribution is -2.26. The third-order valence-electron chi connectivity index (χ3n) is 4.97. The van der Waals surface area contributed by atoms with Crippen molar-refractivity contribution in [2.24, 2.45) is 0 Å². The number of ether oxygens (including phenoxy) is 1. The number of aromatic nitrogens is 1. The summed E-state index contributed by atoms with van der Waals surface area (Å²) in [6, 6.07) is 18.6. The molecule has 0 spiro atoms. The van der Waals surface area contributed by atoms with Crippen LogP contribution in [0.1, 0.15) is 34.6 Å². The smallest absolute Gasteiger partial charge is 0.407 e. The van der Waals surface area contributed by atoms with Gasteiger partial charge < -0.3 is 10.1 Å². The summed E-state index contributed by atoms with van der Waals surface area (Å²) in [7, 11) is 0. The Hall–Kier alpha value is -3.58. The topological polar surface area (TPSA) is 51.2 Å². The zero-order chi connectivity index (χ0) is 20.1. The van der Waals surface area contributed by atoms with Crippen molar-refractivity contribution in [2.75, 3.05) is 13.2 Å². The Morgan fingerprint density at radius 2 is 1.76 bits per heavy atom. The zero-order valence-electron chi connectivity index (χ0n) is 16.3. The van der Waals surface area contributed by atoms with E-state index in [1.807, 2.05) is 37.3 Å². The SMILES string of the molecule is Cc1cncc(C#CCCNC(=O)OCC2c3ccccc3-c3ccccc32)c1. The number of hydrogen-bond donors (Lipinski definition) is 1. The molecule has 0 aliphatic heterocycles. The quantitative estimate of drug-likeness (QED) is 0.527. The number of carbonyl (C=O) groups excluding carboxylic acids is 1. The third kappa shape index (κ3) is 4.30. The van der Waals surface area contributed by atoms with E-state index in [1.165, 1.54) is 22.3 Å². The van der Waals surface area contributed by atoms with E-state index in [-0.39, 0.29) is 5.92 Å². The van der Waals surface area contributed by atoms with Gasteiger partial charge in [0.25, 0.3) is 0 Å². The standard InChI is InChI=1S/C25H22N2O2/c1-18-14-19(16-26-15-18)8-6-7-13-27-25(28)29-17-24-22-11-4-2-9-20(22)21-10-3-5-12-23(21)24/h2-5,9-12,14-16,24H,7,13,17H2,1H3,(H,27,28). The van der Waals surface area contributed by atoms with E-state index in [9.17, 15) is 4.79 Å². The van der Waals surface area contributed by atoms with Gasteiger partial charge in [-0.15, -0.1) is 0 Å². The summed E-state index contributed by atoms with van der Waals surface area (Å²) in [4.78, 5) is 16.2. The molecule has 1 aliphatic rings. The summed E-state index contributed by atoms with van der Waals surface area (Å²) in [5.41, 5.74) is 6.81. The van der Waals surface area contributed by atoms with Crippen molar-refractivity contribution in [1.82, 2.24) is 10.3 Å². The number of amides is 1. The van der Waals surface area contributed by atoms with Crippen LogP contribution in [-0.4, -0.2) is 24.2 Å². The molecule has 0 bridgehead atoms. The van der Waals surface area contributed by atoms with E-state index in [0.29, 0.717) is 19.6 Å². The van der Waals surface area contributed by atoms with Crippen molar-refractivity contribution in [3.05, 3.63) is 89.2 Å². The largest absolute Gasteiger partial charge is 0.449 e. The lowest BCUT2D eigenvalue weighted by molar-refractivity contribution is 0.143. The maximum absolute atomic E-state index is 12.1. The molecule has 0 saturated carbocycles. The maximum atomic E-state index is 12.1. The molecule has 1 aromatic heterocycles. The van der Waals surface area contributed by atoms with Crippen molar-refractivity contribution in [1.29, 1.82) is 0 Å². The van der Waals surface area contributed by atoms with Gasteiger partial charge in [0.15, 0.2) is 0 Å². The van der Waals surface area contributed by atoms with Gasteiger partial charge in [-0.3, -0.25) is 4.98 Å². The lowest BCUT2D eigenvalue weighted by atomic mass is 9.98. The number of rotatable bonds is 4. The summed E-state index contributed by atoms with van der Waals surface area (Å²) < 4.78 is 5.51. The second kappa shape index (κ2) is 8.62. The molecule has 2 aromatic carbocycles. The van der Waals surface area contributed by atoms with Gasteiger partial charge in [-0.25, -0.2) is 4.79 Å². The number of carbonyl (C=O) groups is 1. The summed E-state index contributed by atoms with van der Waals surface area (Å²) >= 11 is 0. The molecule has 0 fully saturated rings. The van der Waals surface area contributed by atoms with E-state index >= 15 is 0 Å². The first-order chi connectivity index (χ1) is 14.2. The molecular formula is C25H22N2O2. The highest BCUT2D eigenvalue weighted by atomic mass is 16.5. The Labute approximate surface area is 171 Å². The third-order valence-corrected chi connectivity index (χ3v) is 4.97. The highest BCUT2D eigenvalue weighted by molar-refractivity contribution is 5.79. The molecule has 0 saturated heterocycles. The van der Waals surface area contributed by atoms with Gasteiger partial charge in [-0.2, -0.15) is 0 Å². The Balaban J connectivity index is 1.29. The second-order valence-corrected chi connectivity index (χ2v) is 7.06. The Morgan fingerprint density at radius 3 is 2.45 bits per heavy atom. The predicted molar refractivity (Wildman–Crippen MR) is 114 cm³/mol. The van der Waals surface area contributed by atoms with Crippen molar-refractivity contribution in [3.63, 3.8) is 0 Å². The fourth-order valence-corrected chi connectivity index (χ4v) is 3.66. The molecule has 4 rings (SSSR count). The van der Waals surface area contributed by atoms with Crippen molar-refractivity contribution in [2.45, 2.75) is 19.3 Å². The van der Waals surface area contributed by atoms with Crippen molar-refractivity contribution in [3.8, 4) is 23.0 Å². The molecule has 4 heteroatoms. The average Bonchev–Trinajstić information content (AvgIpc) is 3.06. The normalized spacial score (nSPS) is 11.8. The van der Waals surface area contributed by atoms with Crippen molar-refractivity contribution < 1.29 is 9.53 Å². The van der Waals surface area contributed by atoms with Crippen LogP contribution in [0, 0.1) is 18.8 Å². The van der Waals surface area contributed by atoms with E-state index in [4.69, 9.17) is 4.74 Å². The summed E-state index contributed by atoms with van der Waals surface area (Å²) in [5.74, 6) is 6.17. The van der Waals surface area contributed by atoms with Crippen LogP contribution in [-0.2, 0) is 4.74 Å². The molecule has 0 radical (unpaired) electrons. The molecule has 3 aromatic rings. The van der Waals surface area contributed by atoms with Gasteiger partial charge >= 0.3 is 6.09 Å². The van der Waals surface area contributed by atoms with E-state index in [1.54, 1.807) is 12.4 Å². The summed E-state index contributed by atoms with van der Waals surface area (Å²) in [6.45, 7) is 2.75. The predicted octanol–water partition coefficient (Wildman–Crippen LogP) is 4.67. The maximum Gasteiger partial charge on any atom is 0.407 e. The van der Waals surface area contributed by atoms with Crippen LogP contribution in [0.15, 0.2) is 67.0 Å². The van der Waals surface area contributed by atoms with Gasteiger partial charge in [-0.05, 0) is 40.8 Å². The molecule has 1 N–H and O–H groups in total. The van der Waals surface area contributed by atoms with Crippen LogP contribution in [0.4, 0.5) is 4.79 Å². The van der Waals surface area contributed by atoms with E-state index < -0.39 is 6.09 Å². The molecule has 1 aliphatic carbocycles. The van der Waals surface area contributed by atoms with E-state index in [0.717, 1.165) is 11.1 Å². The number of nitrogens with zero attached hydrogens (tertiary/aromatic N) is 1. The number of nitrogens with one attached hydrogen (secondary N) is 1. The molecule has 0 atom stereocenters. The van der Waals surface area contributed by atoms with Crippen LogP contribution < -0.4 is 5.32 Å². The zero-order valence-corrected chi connectivity index (χ0v) is 16.3. The van der Waals surface area contributed by atoms with Crippen LogP contribution in [0.2, 0.25) is 0 Å². The fourth-order valence-electron chi connectivity index (χ4n) is 3.66. The average molecular weight is 382 g/mol. The number of pyridine rings is 1. The number of hydrogen-bond acceptors (Lipinski definition) is 3. The van der Waals surface area contributed by atoms with Crippen LogP contribution in [0.3, 0.4) is 0 Å². The molecule has 4 nitrogen and oxygen atoms in total. The molecule has 1 heterocycles. The lowest BCUT2D eigenvalue weighted by Gasteiger charge is -2.14. The number of benzene rings is 2. The Kier molecular flexibility index (Phi) is 5.58. The molecule has 29 heavy (non-hydrogen) atoms. The van der Waals surface area contributed by atoms with Crippen LogP contribution in [0.5, 0.6) is 0 Å². The van der Waals surface area contributed by atoms with Gasteiger partial charge in [-0.1, -0.05) is 60.4 Å². The summed E-state index contributed by atoms with van der Waals surface area (Å²) in [5, 5.41) is 2.77. The summed E-state index contributed by atoms with van der Waals surface area (Å²) in [6.07, 6.45) is 3.67. The van der Waals surface area contributed by atoms with Crippen LogP contribution >= 0.6 is 0 Å². The van der Waals surface area contributed by atoms with Crippen molar-refractivity contribution >= 4 is 6.09 Å². The fraction of sp³-hybridized carbons (Fsp3) is 0.200. The monoisotopic (exact) mass is 382 g/mol. The highest BCUT2D eigenvalue weighted by Gasteiger charge is 2.28. The molecule has 0 unspecified atom stereocenters. The van der Waals surface area contributed by atoms with Gasteiger partial charge in [0.05, 0.1) is 0 Å². The minimum absolute atomic E-state index is 0.0711. The molecule has 1 amide bonds. The molecule has 144 valence electrons. The Morgan fingerprint density at radius 1 is 1.07 bits per heavy atom. The number of aryl methyl sites for hydroxylation is 1. The van der Waals surface area contributed by atoms with Gasteiger partial charge in [0, 0.05) is 36.8 Å². The first-order valence-corrected chi connectivity index (χ1v) is 9.72. The van der Waals surface area contributed by atoms with Gasteiger partial charge in [0.2, 0.25) is 0 Å². The minimum Gasteiger partial charge on any atom is -0.449 e. The van der Waals surface area contributed by atoms with Crippen LogP contribution in [0.25, 0.3) is 11.1 Å². The Bertz CT molecular complexity index is 1050. The second-order valence-electron chi connectivity index (χ2n) is 7.06. The first-order valence-electron chi connectivity index (χ1n) is 9.72. The van der Waals surface area contributed by atoms with Gasteiger partial charge in [0.1, 0.15) is 6.61 Å². The first kappa shape index (κ1) is 18.8. The van der Waals surface area contributed by atoms with E-state index in [2.05, 4.69) is 46.4 Å².